The molecule has 0 atom stereocenters. The number of allylic oxidation sites excluding steroid dienone is 1. The van der Waals surface area contributed by atoms with Gasteiger partial charge in [-0.2, -0.15) is 0 Å². The molecule has 0 aliphatic carbocycles. The van der Waals surface area contributed by atoms with Crippen molar-refractivity contribution in [2.24, 2.45) is 0 Å². The lowest BCUT2D eigenvalue weighted by Crippen LogP contribution is -1.93. The van der Waals surface area contributed by atoms with Gasteiger partial charge in [-0.05, 0) is 31.2 Å². The highest BCUT2D eigenvalue weighted by Crippen LogP contribution is 2.09. The quantitative estimate of drug-likeness (QED) is 0.690. The summed E-state index contributed by atoms with van der Waals surface area (Å²) in [7, 11) is 0. The van der Waals surface area contributed by atoms with Crippen molar-refractivity contribution < 1.29 is 4.79 Å². The van der Waals surface area contributed by atoms with Gasteiger partial charge in [0.15, 0.2) is 0 Å². The van der Waals surface area contributed by atoms with Crippen LogP contribution in [0.3, 0.4) is 0 Å². The van der Waals surface area contributed by atoms with E-state index in [1.165, 1.54) is 0 Å². The van der Waals surface area contributed by atoms with Crippen molar-refractivity contribution >= 4 is 12.0 Å². The van der Waals surface area contributed by atoms with E-state index in [0.717, 1.165) is 17.7 Å². The van der Waals surface area contributed by atoms with E-state index in [1.807, 2.05) is 19.1 Å². The largest absolute Gasteiger partial charge is 0.360 e. The van der Waals surface area contributed by atoms with Gasteiger partial charge in [-0.3, -0.25) is 4.79 Å². The Bertz CT molecular complexity index is 287. The van der Waals surface area contributed by atoms with Crippen LogP contribution in [0.2, 0.25) is 0 Å². The zero-order chi connectivity index (χ0) is 8.97. The van der Waals surface area contributed by atoms with Gasteiger partial charge in [0, 0.05) is 16.9 Å². The molecule has 1 rings (SSSR count). The lowest BCUT2D eigenvalue weighted by Gasteiger charge is -2.03. The Morgan fingerprint density at radius 1 is 1.42 bits per heavy atom. The molecule has 0 aliphatic heterocycles. The maximum atomic E-state index is 10.3. The topological polar surface area (TPSA) is 29.1 Å². The summed E-state index contributed by atoms with van der Waals surface area (Å²) in [5.74, 6) is 0. The molecule has 0 aromatic heterocycles. The van der Waals surface area contributed by atoms with Crippen LogP contribution in [0.15, 0.2) is 36.5 Å². The van der Waals surface area contributed by atoms with Crippen LogP contribution in [0.4, 0.5) is 5.69 Å². The third-order valence-corrected chi connectivity index (χ3v) is 1.40. The Kier molecular flexibility index (Phi) is 2.64. The first-order valence-electron chi connectivity index (χ1n) is 3.70. The van der Waals surface area contributed by atoms with Gasteiger partial charge in [-0.15, -0.1) is 0 Å². The average molecular weight is 161 g/mol. The van der Waals surface area contributed by atoms with Gasteiger partial charge in [0.25, 0.3) is 0 Å². The smallest absolute Gasteiger partial charge is 0.150 e. The van der Waals surface area contributed by atoms with E-state index >= 15 is 0 Å². The van der Waals surface area contributed by atoms with Crippen molar-refractivity contribution in [3.05, 3.63) is 42.1 Å². The Balaban J connectivity index is 2.77. The summed E-state index contributed by atoms with van der Waals surface area (Å²) in [6.07, 6.45) is 0.824. The van der Waals surface area contributed by atoms with Gasteiger partial charge < -0.3 is 5.32 Å². The molecular weight excluding hydrogens is 150 g/mol. The molecule has 2 nitrogen and oxygen atoms in total. The van der Waals surface area contributed by atoms with Crippen molar-refractivity contribution in [3.8, 4) is 0 Å². The summed E-state index contributed by atoms with van der Waals surface area (Å²) >= 11 is 0. The third kappa shape index (κ3) is 2.23. The summed E-state index contributed by atoms with van der Waals surface area (Å²) in [6.45, 7) is 5.59. The van der Waals surface area contributed by atoms with Crippen molar-refractivity contribution in [2.45, 2.75) is 6.92 Å². The molecule has 0 bridgehead atoms. The molecule has 0 amide bonds. The molecule has 0 aliphatic rings. The second-order valence-electron chi connectivity index (χ2n) is 2.65. The minimum absolute atomic E-state index is 0.683. The predicted octanol–water partition coefficient (Wildman–Crippen LogP) is 2.44. The molecule has 0 saturated carbocycles. The number of carbonyl (C=O) groups excluding carboxylic acids is 1. The van der Waals surface area contributed by atoms with Crippen LogP contribution in [-0.4, -0.2) is 6.29 Å². The van der Waals surface area contributed by atoms with Crippen LogP contribution in [0, 0.1) is 0 Å². The van der Waals surface area contributed by atoms with Gasteiger partial charge in [0.1, 0.15) is 6.29 Å². The van der Waals surface area contributed by atoms with E-state index in [-0.39, 0.29) is 0 Å². The minimum Gasteiger partial charge on any atom is -0.360 e. The fourth-order valence-electron chi connectivity index (χ4n) is 0.891. The first-order valence-corrected chi connectivity index (χ1v) is 3.70. The third-order valence-electron chi connectivity index (χ3n) is 1.40. The number of rotatable bonds is 3. The Morgan fingerprint density at radius 3 is 2.42 bits per heavy atom. The summed E-state index contributed by atoms with van der Waals surface area (Å²) < 4.78 is 0. The van der Waals surface area contributed by atoms with E-state index in [1.54, 1.807) is 12.1 Å². The Hall–Kier alpha value is -1.57. The summed E-state index contributed by atoms with van der Waals surface area (Å²) in [6, 6.07) is 7.22. The number of carbonyl (C=O) groups is 1. The molecule has 1 aromatic rings. The monoisotopic (exact) mass is 161 g/mol. The highest BCUT2D eigenvalue weighted by molar-refractivity contribution is 5.75. The first kappa shape index (κ1) is 8.53. The van der Waals surface area contributed by atoms with Crippen LogP contribution in [0.1, 0.15) is 17.3 Å². The van der Waals surface area contributed by atoms with Crippen molar-refractivity contribution in [3.63, 3.8) is 0 Å². The van der Waals surface area contributed by atoms with Crippen molar-refractivity contribution in [1.82, 2.24) is 0 Å². The molecule has 2 heteroatoms. The normalized spacial score (nSPS) is 9.08. The molecule has 0 saturated heterocycles. The SMILES string of the molecule is C=C(C)Nc1ccc(C=O)cc1. The highest BCUT2D eigenvalue weighted by atomic mass is 16.1. The molecule has 1 aromatic carbocycles. The van der Waals surface area contributed by atoms with E-state index in [4.69, 9.17) is 0 Å². The fourth-order valence-corrected chi connectivity index (χ4v) is 0.891. The first-order chi connectivity index (χ1) is 5.72. The minimum atomic E-state index is 0.683. The summed E-state index contributed by atoms with van der Waals surface area (Å²) in [4.78, 5) is 10.3. The van der Waals surface area contributed by atoms with E-state index in [9.17, 15) is 4.79 Å². The Labute approximate surface area is 71.9 Å². The molecule has 0 unspecified atom stereocenters. The second kappa shape index (κ2) is 3.72. The van der Waals surface area contributed by atoms with Crippen LogP contribution in [0.5, 0.6) is 0 Å². The number of hydrogen-bond acceptors (Lipinski definition) is 2. The van der Waals surface area contributed by atoms with Crippen molar-refractivity contribution in [1.29, 1.82) is 0 Å². The maximum Gasteiger partial charge on any atom is 0.150 e. The standard InChI is InChI=1S/C10H11NO/c1-8(2)11-10-5-3-9(7-12)4-6-10/h3-7,11H,1H2,2H3. The summed E-state index contributed by atoms with van der Waals surface area (Å²) in [5.41, 5.74) is 2.52. The zero-order valence-corrected chi connectivity index (χ0v) is 7.00. The molecule has 1 N–H and O–H groups in total. The number of anilines is 1. The fraction of sp³-hybridized carbons (Fsp3) is 0.100. The predicted molar refractivity (Wildman–Crippen MR) is 50.3 cm³/mol. The number of aldehydes is 1. The maximum absolute atomic E-state index is 10.3. The van der Waals surface area contributed by atoms with E-state index in [0.29, 0.717) is 5.56 Å². The van der Waals surface area contributed by atoms with E-state index < -0.39 is 0 Å². The summed E-state index contributed by atoms with van der Waals surface area (Å²) in [5, 5.41) is 3.05. The average Bonchev–Trinajstić information content (AvgIpc) is 2.05. The van der Waals surface area contributed by atoms with Crippen molar-refractivity contribution in [2.75, 3.05) is 5.32 Å². The number of nitrogens with one attached hydrogen (secondary N) is 1. The van der Waals surface area contributed by atoms with Gasteiger partial charge in [-0.1, -0.05) is 6.58 Å². The zero-order valence-electron chi connectivity index (χ0n) is 7.00. The molecule has 0 radical (unpaired) electrons. The number of benzene rings is 1. The van der Waals surface area contributed by atoms with E-state index in [2.05, 4.69) is 11.9 Å². The molecule has 12 heavy (non-hydrogen) atoms. The molecular formula is C10H11NO. The second-order valence-corrected chi connectivity index (χ2v) is 2.65. The van der Waals surface area contributed by atoms with Crippen LogP contribution in [0.25, 0.3) is 0 Å². The van der Waals surface area contributed by atoms with Crippen LogP contribution < -0.4 is 5.32 Å². The molecule has 62 valence electrons. The van der Waals surface area contributed by atoms with Gasteiger partial charge >= 0.3 is 0 Å². The highest BCUT2D eigenvalue weighted by Gasteiger charge is 1.91. The Morgan fingerprint density at radius 2 is 2.00 bits per heavy atom. The van der Waals surface area contributed by atoms with Gasteiger partial charge in [0.2, 0.25) is 0 Å². The van der Waals surface area contributed by atoms with Crippen LogP contribution >= 0.6 is 0 Å². The molecule has 0 heterocycles. The van der Waals surface area contributed by atoms with Gasteiger partial charge in [-0.25, -0.2) is 0 Å². The van der Waals surface area contributed by atoms with Gasteiger partial charge in [0.05, 0.1) is 0 Å². The van der Waals surface area contributed by atoms with Crippen LogP contribution in [-0.2, 0) is 0 Å². The molecule has 0 spiro atoms. The lowest BCUT2D eigenvalue weighted by atomic mass is 10.2. The molecule has 0 fully saturated rings. The number of hydrogen-bond donors (Lipinski definition) is 1. The lowest BCUT2D eigenvalue weighted by molar-refractivity contribution is 0.112.